The number of carboxylic acid groups (broad SMARTS) is 1. The highest BCUT2D eigenvalue weighted by atomic mass is 16.4. The third-order valence-electron chi connectivity index (χ3n) is 2.47. The Morgan fingerprint density at radius 2 is 1.82 bits per heavy atom. The van der Waals surface area contributed by atoms with E-state index >= 15 is 0 Å². The number of hydrogen-bond donors (Lipinski definition) is 2. The van der Waals surface area contributed by atoms with E-state index < -0.39 is 5.97 Å². The smallest absolute Gasteiger partial charge is 0.336 e. The van der Waals surface area contributed by atoms with E-state index in [9.17, 15) is 9.59 Å². The first-order chi connectivity index (χ1) is 7.99. The maximum absolute atomic E-state index is 11.9. The molecule has 4 heteroatoms. The number of rotatable bonds is 4. The molecule has 90 valence electrons. The molecule has 0 unspecified atom stereocenters. The van der Waals surface area contributed by atoms with Crippen molar-refractivity contribution in [2.45, 2.75) is 13.8 Å². The summed E-state index contributed by atoms with van der Waals surface area (Å²) in [6, 6.07) is 3.44. The van der Waals surface area contributed by atoms with Crippen molar-refractivity contribution in [2.24, 2.45) is 0 Å². The van der Waals surface area contributed by atoms with Gasteiger partial charge in [0, 0.05) is 6.54 Å². The number of aromatic carboxylic acids is 1. The predicted molar refractivity (Wildman–Crippen MR) is 65.4 cm³/mol. The molecule has 4 nitrogen and oxygen atoms in total. The van der Waals surface area contributed by atoms with Crippen LogP contribution in [0.5, 0.6) is 0 Å². The minimum absolute atomic E-state index is 0.0616. The molecule has 0 aliphatic heterocycles. The SMILES string of the molecule is C=CCNC(=O)c1c(C)ccc(C)c1C(=O)O. The summed E-state index contributed by atoms with van der Waals surface area (Å²) >= 11 is 0. The van der Waals surface area contributed by atoms with Gasteiger partial charge in [0.2, 0.25) is 0 Å². The molecule has 0 saturated heterocycles. The first-order valence-corrected chi connectivity index (χ1v) is 5.21. The lowest BCUT2D eigenvalue weighted by molar-refractivity contribution is 0.0690. The van der Waals surface area contributed by atoms with Crippen molar-refractivity contribution in [3.05, 3.63) is 47.0 Å². The normalized spacial score (nSPS) is 9.76. The van der Waals surface area contributed by atoms with E-state index in [-0.39, 0.29) is 17.0 Å². The Kier molecular flexibility index (Phi) is 4.04. The van der Waals surface area contributed by atoms with Crippen LogP contribution in [-0.2, 0) is 0 Å². The standard InChI is InChI=1S/C13H15NO3/c1-4-7-14-12(15)10-8(2)5-6-9(3)11(10)13(16)17/h4-6H,1,7H2,2-3H3,(H,14,15)(H,16,17). The van der Waals surface area contributed by atoms with E-state index in [0.29, 0.717) is 17.7 Å². The summed E-state index contributed by atoms with van der Waals surface area (Å²) in [5, 5.41) is 11.7. The molecule has 1 aromatic carbocycles. The van der Waals surface area contributed by atoms with Crippen LogP contribution in [0.2, 0.25) is 0 Å². The monoisotopic (exact) mass is 233 g/mol. The third-order valence-corrected chi connectivity index (χ3v) is 2.47. The molecular weight excluding hydrogens is 218 g/mol. The second-order valence-electron chi connectivity index (χ2n) is 3.75. The van der Waals surface area contributed by atoms with Crippen LogP contribution in [0.15, 0.2) is 24.8 Å². The fraction of sp³-hybridized carbons (Fsp3) is 0.231. The van der Waals surface area contributed by atoms with E-state index in [1.54, 1.807) is 32.1 Å². The van der Waals surface area contributed by atoms with Gasteiger partial charge in [-0.2, -0.15) is 0 Å². The summed E-state index contributed by atoms with van der Waals surface area (Å²) in [5.41, 5.74) is 1.51. The third kappa shape index (κ3) is 2.72. The van der Waals surface area contributed by atoms with Gasteiger partial charge in [-0.05, 0) is 25.0 Å². The molecule has 0 saturated carbocycles. The topological polar surface area (TPSA) is 66.4 Å². The van der Waals surface area contributed by atoms with E-state index in [1.807, 2.05) is 0 Å². The Balaban J connectivity index is 3.29. The molecule has 0 aliphatic rings. The average Bonchev–Trinajstić information content (AvgIpc) is 2.28. The van der Waals surface area contributed by atoms with Gasteiger partial charge in [-0.15, -0.1) is 6.58 Å². The minimum atomic E-state index is -1.09. The van der Waals surface area contributed by atoms with Gasteiger partial charge in [0.1, 0.15) is 0 Å². The molecule has 0 atom stereocenters. The van der Waals surface area contributed by atoms with Crippen molar-refractivity contribution in [2.75, 3.05) is 6.54 Å². The van der Waals surface area contributed by atoms with Gasteiger partial charge in [-0.25, -0.2) is 4.79 Å². The molecule has 1 rings (SSSR count). The molecule has 0 fully saturated rings. The summed E-state index contributed by atoms with van der Waals surface area (Å²) in [5.74, 6) is -1.47. The predicted octanol–water partition coefficient (Wildman–Crippen LogP) is 1.92. The Morgan fingerprint density at radius 3 is 2.29 bits per heavy atom. The van der Waals surface area contributed by atoms with Crippen LogP contribution in [0.25, 0.3) is 0 Å². The van der Waals surface area contributed by atoms with Crippen LogP contribution in [-0.4, -0.2) is 23.5 Å². The number of benzene rings is 1. The lowest BCUT2D eigenvalue weighted by Gasteiger charge is -2.11. The van der Waals surface area contributed by atoms with Gasteiger partial charge < -0.3 is 10.4 Å². The van der Waals surface area contributed by atoms with Crippen molar-refractivity contribution in [1.29, 1.82) is 0 Å². The van der Waals surface area contributed by atoms with Crippen molar-refractivity contribution in [3.8, 4) is 0 Å². The highest BCUT2D eigenvalue weighted by molar-refractivity contribution is 6.06. The molecular formula is C13H15NO3. The van der Waals surface area contributed by atoms with Crippen molar-refractivity contribution >= 4 is 11.9 Å². The molecule has 2 N–H and O–H groups in total. The van der Waals surface area contributed by atoms with E-state index in [4.69, 9.17) is 5.11 Å². The van der Waals surface area contributed by atoms with Gasteiger partial charge in [0.15, 0.2) is 0 Å². The van der Waals surface area contributed by atoms with E-state index in [0.717, 1.165) is 0 Å². The second-order valence-corrected chi connectivity index (χ2v) is 3.75. The zero-order chi connectivity index (χ0) is 13.0. The van der Waals surface area contributed by atoms with Crippen molar-refractivity contribution < 1.29 is 14.7 Å². The molecule has 1 amide bonds. The molecule has 0 radical (unpaired) electrons. The van der Waals surface area contributed by atoms with Crippen LogP contribution in [0.1, 0.15) is 31.8 Å². The Bertz CT molecular complexity index is 478. The maximum Gasteiger partial charge on any atom is 0.336 e. The Hall–Kier alpha value is -2.10. The molecule has 0 bridgehead atoms. The Labute approximate surface area is 100.0 Å². The number of carbonyl (C=O) groups is 2. The molecule has 0 heterocycles. The summed E-state index contributed by atoms with van der Waals surface area (Å²) in [6.07, 6.45) is 1.55. The summed E-state index contributed by atoms with van der Waals surface area (Å²) in [7, 11) is 0. The fourth-order valence-corrected chi connectivity index (χ4v) is 1.63. The fourth-order valence-electron chi connectivity index (χ4n) is 1.63. The molecule has 1 aromatic rings. The minimum Gasteiger partial charge on any atom is -0.478 e. The summed E-state index contributed by atoms with van der Waals surface area (Å²) < 4.78 is 0. The molecule has 0 aliphatic carbocycles. The lowest BCUT2D eigenvalue weighted by atomic mass is 9.96. The van der Waals surface area contributed by atoms with Gasteiger partial charge in [0.25, 0.3) is 5.91 Å². The quantitative estimate of drug-likeness (QED) is 0.781. The van der Waals surface area contributed by atoms with Crippen LogP contribution in [0.4, 0.5) is 0 Å². The Morgan fingerprint density at radius 1 is 1.29 bits per heavy atom. The molecule has 17 heavy (non-hydrogen) atoms. The number of carbonyl (C=O) groups excluding carboxylic acids is 1. The zero-order valence-corrected chi connectivity index (χ0v) is 9.91. The highest BCUT2D eigenvalue weighted by Gasteiger charge is 2.20. The van der Waals surface area contributed by atoms with Crippen LogP contribution < -0.4 is 5.32 Å². The second kappa shape index (κ2) is 5.30. The number of amides is 1. The van der Waals surface area contributed by atoms with Crippen molar-refractivity contribution in [1.82, 2.24) is 5.32 Å². The van der Waals surface area contributed by atoms with E-state index in [2.05, 4.69) is 11.9 Å². The number of nitrogens with one attached hydrogen (secondary N) is 1. The average molecular weight is 233 g/mol. The maximum atomic E-state index is 11.9. The molecule has 0 aromatic heterocycles. The number of carboxylic acids is 1. The van der Waals surface area contributed by atoms with E-state index in [1.165, 1.54) is 0 Å². The van der Waals surface area contributed by atoms with Crippen LogP contribution in [0, 0.1) is 13.8 Å². The highest BCUT2D eigenvalue weighted by Crippen LogP contribution is 2.18. The summed E-state index contributed by atoms with van der Waals surface area (Å²) in [4.78, 5) is 23.1. The number of hydrogen-bond acceptors (Lipinski definition) is 2. The number of aryl methyl sites for hydroxylation is 2. The molecule has 0 spiro atoms. The first-order valence-electron chi connectivity index (χ1n) is 5.21. The van der Waals surface area contributed by atoms with Gasteiger partial charge >= 0.3 is 5.97 Å². The van der Waals surface area contributed by atoms with Crippen molar-refractivity contribution in [3.63, 3.8) is 0 Å². The van der Waals surface area contributed by atoms with Crippen LogP contribution in [0.3, 0.4) is 0 Å². The lowest BCUT2D eigenvalue weighted by Crippen LogP contribution is -2.26. The summed E-state index contributed by atoms with van der Waals surface area (Å²) in [6.45, 7) is 7.19. The zero-order valence-electron chi connectivity index (χ0n) is 9.91. The van der Waals surface area contributed by atoms with Gasteiger partial charge in [0.05, 0.1) is 11.1 Å². The van der Waals surface area contributed by atoms with Gasteiger partial charge in [-0.1, -0.05) is 18.2 Å². The largest absolute Gasteiger partial charge is 0.478 e. The van der Waals surface area contributed by atoms with Gasteiger partial charge in [-0.3, -0.25) is 4.79 Å². The van der Waals surface area contributed by atoms with Crippen LogP contribution >= 0.6 is 0 Å². The first kappa shape index (κ1) is 13.0.